The second-order valence-electron chi connectivity index (χ2n) is 5.51. The van der Waals surface area contributed by atoms with E-state index in [1.54, 1.807) is 7.11 Å². The van der Waals surface area contributed by atoms with Crippen molar-refractivity contribution in [1.82, 2.24) is 4.72 Å². The number of sulfonamides is 1. The molecule has 1 aromatic rings. The first-order valence-corrected chi connectivity index (χ1v) is 8.39. The summed E-state index contributed by atoms with van der Waals surface area (Å²) in [6.45, 7) is 1.11. The van der Waals surface area contributed by atoms with Crippen LogP contribution in [0, 0.1) is 17.7 Å². The second-order valence-corrected chi connectivity index (χ2v) is 7.22. The molecular weight excluding hydrogens is 297 g/mol. The Morgan fingerprint density at radius 3 is 2.76 bits per heavy atom. The van der Waals surface area contributed by atoms with Crippen molar-refractivity contribution < 1.29 is 22.3 Å². The largest absolute Gasteiger partial charge is 0.384 e. The van der Waals surface area contributed by atoms with Crippen LogP contribution in [0.3, 0.4) is 0 Å². The van der Waals surface area contributed by atoms with Crippen LogP contribution >= 0.6 is 0 Å². The van der Waals surface area contributed by atoms with Crippen molar-refractivity contribution in [3.05, 3.63) is 30.1 Å². The average molecular weight is 315 g/mol. The standard InChI is InChI=1S/C14H18FNO4S/c1-19-8-12-13(11-6-7-20-14(11)12)16-21(17,18)10-4-2-9(15)3-5-10/h2-5,11-14,16H,6-8H2,1H3/t11-,12+,13+,14-/m1/s1. The molecule has 3 rings (SSSR count). The quantitative estimate of drug-likeness (QED) is 0.885. The zero-order chi connectivity index (χ0) is 15.0. The van der Waals surface area contributed by atoms with Gasteiger partial charge in [0.15, 0.2) is 0 Å². The predicted molar refractivity (Wildman–Crippen MR) is 73.7 cm³/mol. The van der Waals surface area contributed by atoms with Crippen LogP contribution in [0.4, 0.5) is 4.39 Å². The van der Waals surface area contributed by atoms with Gasteiger partial charge in [-0.1, -0.05) is 0 Å². The molecular formula is C14H18FNO4S. The third-order valence-electron chi connectivity index (χ3n) is 4.30. The summed E-state index contributed by atoms with van der Waals surface area (Å²) >= 11 is 0. The van der Waals surface area contributed by atoms with E-state index < -0.39 is 15.8 Å². The lowest BCUT2D eigenvalue weighted by Gasteiger charge is -2.47. The Kier molecular flexibility index (Phi) is 4.00. The van der Waals surface area contributed by atoms with Crippen LogP contribution < -0.4 is 4.72 Å². The highest BCUT2D eigenvalue weighted by molar-refractivity contribution is 7.89. The molecule has 1 aliphatic carbocycles. The van der Waals surface area contributed by atoms with Crippen LogP contribution in [0.1, 0.15) is 6.42 Å². The molecule has 0 amide bonds. The Morgan fingerprint density at radius 1 is 1.38 bits per heavy atom. The van der Waals surface area contributed by atoms with E-state index >= 15 is 0 Å². The summed E-state index contributed by atoms with van der Waals surface area (Å²) < 4.78 is 51.1. The number of benzene rings is 1. The smallest absolute Gasteiger partial charge is 0.240 e. The van der Waals surface area contributed by atoms with Crippen molar-refractivity contribution in [2.24, 2.45) is 11.8 Å². The maximum atomic E-state index is 12.9. The molecule has 1 heterocycles. The summed E-state index contributed by atoms with van der Waals surface area (Å²) in [4.78, 5) is 0.0717. The molecule has 0 spiro atoms. The van der Waals surface area contributed by atoms with E-state index in [0.717, 1.165) is 18.6 Å². The van der Waals surface area contributed by atoms with Crippen molar-refractivity contribution in [2.45, 2.75) is 23.5 Å². The van der Waals surface area contributed by atoms with E-state index in [4.69, 9.17) is 9.47 Å². The van der Waals surface area contributed by atoms with Gasteiger partial charge in [0.05, 0.1) is 17.6 Å². The lowest BCUT2D eigenvalue weighted by atomic mass is 9.68. The van der Waals surface area contributed by atoms with Crippen molar-refractivity contribution in [2.75, 3.05) is 20.3 Å². The van der Waals surface area contributed by atoms with E-state index in [0.29, 0.717) is 13.2 Å². The molecule has 2 fully saturated rings. The molecule has 21 heavy (non-hydrogen) atoms. The number of ether oxygens (including phenoxy) is 2. The lowest BCUT2D eigenvalue weighted by Crippen LogP contribution is -2.62. The molecule has 1 N–H and O–H groups in total. The summed E-state index contributed by atoms with van der Waals surface area (Å²) in [5.41, 5.74) is 0. The first-order valence-electron chi connectivity index (χ1n) is 6.91. The van der Waals surface area contributed by atoms with Gasteiger partial charge in [0.2, 0.25) is 10.0 Å². The maximum Gasteiger partial charge on any atom is 0.240 e. The molecule has 7 heteroatoms. The van der Waals surface area contributed by atoms with Gasteiger partial charge >= 0.3 is 0 Å². The van der Waals surface area contributed by atoms with E-state index in [1.807, 2.05) is 0 Å². The third-order valence-corrected chi connectivity index (χ3v) is 5.78. The number of rotatable bonds is 5. The molecule has 0 bridgehead atoms. The fourth-order valence-corrected chi connectivity index (χ4v) is 4.59. The van der Waals surface area contributed by atoms with Gasteiger partial charge in [-0.2, -0.15) is 0 Å². The van der Waals surface area contributed by atoms with Gasteiger partial charge in [-0.15, -0.1) is 0 Å². The van der Waals surface area contributed by atoms with E-state index in [2.05, 4.69) is 4.72 Å². The summed E-state index contributed by atoms with van der Waals surface area (Å²) in [5.74, 6) is -0.239. The SMILES string of the molecule is COC[C@H]1[C@@H](NS(=O)(=O)c2ccc(F)cc2)[C@H]2CCO[C@H]21. The molecule has 0 radical (unpaired) electrons. The zero-order valence-electron chi connectivity index (χ0n) is 11.7. The first kappa shape index (κ1) is 14.9. The van der Waals surface area contributed by atoms with Gasteiger partial charge in [-0.25, -0.2) is 17.5 Å². The number of halogens is 1. The number of methoxy groups -OCH3 is 1. The molecule has 1 saturated heterocycles. The summed E-state index contributed by atoms with van der Waals surface area (Å²) in [6, 6.07) is 4.63. The van der Waals surface area contributed by atoms with Crippen LogP contribution in [0.2, 0.25) is 0 Å². The van der Waals surface area contributed by atoms with Crippen molar-refractivity contribution >= 4 is 10.0 Å². The maximum absolute atomic E-state index is 12.9. The predicted octanol–water partition coefficient (Wildman–Crippen LogP) is 1.15. The van der Waals surface area contributed by atoms with E-state index in [1.165, 1.54) is 12.1 Å². The molecule has 4 atom stereocenters. The van der Waals surface area contributed by atoms with Crippen molar-refractivity contribution in [3.63, 3.8) is 0 Å². The highest BCUT2D eigenvalue weighted by Gasteiger charge is 2.54. The van der Waals surface area contributed by atoms with Crippen molar-refractivity contribution in [1.29, 1.82) is 0 Å². The van der Waals surface area contributed by atoms with Gasteiger partial charge in [0, 0.05) is 31.6 Å². The molecule has 1 aliphatic heterocycles. The number of fused-ring (bicyclic) bond motifs is 1. The third kappa shape index (κ3) is 2.70. The van der Waals surface area contributed by atoms with Crippen LogP contribution in [0.5, 0.6) is 0 Å². The Hall–Kier alpha value is -1.02. The Bertz CT molecular complexity index is 604. The summed E-state index contributed by atoms with van der Waals surface area (Å²) in [7, 11) is -2.06. The Morgan fingerprint density at radius 2 is 2.10 bits per heavy atom. The first-order chi connectivity index (χ1) is 10.0. The minimum absolute atomic E-state index is 0.0257. The van der Waals surface area contributed by atoms with Gasteiger partial charge < -0.3 is 9.47 Å². The van der Waals surface area contributed by atoms with E-state index in [-0.39, 0.29) is 28.9 Å². The minimum atomic E-state index is -3.65. The zero-order valence-corrected chi connectivity index (χ0v) is 12.5. The van der Waals surface area contributed by atoms with Gasteiger partial charge in [-0.05, 0) is 30.7 Å². The van der Waals surface area contributed by atoms with Gasteiger partial charge in [-0.3, -0.25) is 0 Å². The molecule has 1 saturated carbocycles. The van der Waals surface area contributed by atoms with Crippen LogP contribution in [0.15, 0.2) is 29.2 Å². The normalized spacial score (nSPS) is 31.7. The van der Waals surface area contributed by atoms with Crippen LogP contribution in [0.25, 0.3) is 0 Å². The van der Waals surface area contributed by atoms with Gasteiger partial charge in [0.1, 0.15) is 5.82 Å². The van der Waals surface area contributed by atoms with Crippen molar-refractivity contribution in [3.8, 4) is 0 Å². The molecule has 0 unspecified atom stereocenters. The van der Waals surface area contributed by atoms with Gasteiger partial charge in [0.25, 0.3) is 0 Å². The molecule has 1 aromatic carbocycles. The van der Waals surface area contributed by atoms with Crippen LogP contribution in [-0.2, 0) is 19.5 Å². The summed E-state index contributed by atoms with van der Waals surface area (Å²) in [6.07, 6.45) is 0.924. The highest BCUT2D eigenvalue weighted by Crippen LogP contribution is 2.44. The number of hydrogen-bond acceptors (Lipinski definition) is 4. The lowest BCUT2D eigenvalue weighted by molar-refractivity contribution is -0.0775. The van der Waals surface area contributed by atoms with Crippen LogP contribution in [-0.4, -0.2) is 40.9 Å². The molecule has 116 valence electrons. The summed E-state index contributed by atoms with van der Waals surface area (Å²) in [5, 5.41) is 0. The monoisotopic (exact) mass is 315 g/mol. The fourth-order valence-electron chi connectivity index (χ4n) is 3.26. The number of nitrogens with one attached hydrogen (secondary N) is 1. The van der Waals surface area contributed by atoms with E-state index in [9.17, 15) is 12.8 Å². The Labute approximate surface area is 123 Å². The average Bonchev–Trinajstić information content (AvgIpc) is 2.87. The topological polar surface area (TPSA) is 64.6 Å². The number of hydrogen-bond donors (Lipinski definition) is 1. The molecule has 5 nitrogen and oxygen atoms in total. The molecule has 0 aromatic heterocycles. The fraction of sp³-hybridized carbons (Fsp3) is 0.571. The minimum Gasteiger partial charge on any atom is -0.384 e. The second kappa shape index (κ2) is 5.64. The highest BCUT2D eigenvalue weighted by atomic mass is 32.2. The molecule has 2 aliphatic rings. The Balaban J connectivity index is 1.76.